The van der Waals surface area contributed by atoms with Crippen LogP contribution in [0.5, 0.6) is 0 Å². The summed E-state index contributed by atoms with van der Waals surface area (Å²) in [6.45, 7) is 1.60. The first kappa shape index (κ1) is 15.0. The highest BCUT2D eigenvalue weighted by molar-refractivity contribution is 7.92. The summed E-state index contributed by atoms with van der Waals surface area (Å²) in [5.41, 5.74) is 0.551. The van der Waals surface area contributed by atoms with E-state index in [1.54, 1.807) is 6.07 Å². The Morgan fingerprint density at radius 2 is 2.24 bits per heavy atom. The summed E-state index contributed by atoms with van der Waals surface area (Å²) in [7, 11) is -3.77. The molecule has 8 heteroatoms. The van der Waals surface area contributed by atoms with Gasteiger partial charge < -0.3 is 10.1 Å². The first-order chi connectivity index (χ1) is 10.0. The van der Waals surface area contributed by atoms with E-state index >= 15 is 0 Å². The van der Waals surface area contributed by atoms with E-state index in [1.807, 2.05) is 6.92 Å². The number of pyridine rings is 1. The van der Waals surface area contributed by atoms with Crippen molar-refractivity contribution >= 4 is 15.8 Å². The third-order valence-corrected chi connectivity index (χ3v) is 3.80. The second kappa shape index (κ2) is 6.39. The highest BCUT2D eigenvalue weighted by atomic mass is 32.2. The van der Waals surface area contributed by atoms with E-state index < -0.39 is 10.0 Å². The number of hydrogen-bond acceptors (Lipinski definition) is 5. The summed E-state index contributed by atoms with van der Waals surface area (Å²) >= 11 is 0. The Hall–Kier alpha value is -2.37. The van der Waals surface area contributed by atoms with Crippen molar-refractivity contribution < 1.29 is 13.5 Å². The molecule has 0 aromatic carbocycles. The SMILES string of the molecule is CCc1ncc(S(=O)(=O)Nc2cc(C#CCO)ccn2)[nH]1. The monoisotopic (exact) mass is 306 g/mol. The van der Waals surface area contributed by atoms with Crippen molar-refractivity contribution in [2.75, 3.05) is 11.3 Å². The summed E-state index contributed by atoms with van der Waals surface area (Å²) in [5.74, 6) is 5.89. The van der Waals surface area contributed by atoms with Crippen molar-refractivity contribution in [1.29, 1.82) is 0 Å². The number of aliphatic hydroxyl groups excluding tert-OH is 1. The summed E-state index contributed by atoms with van der Waals surface area (Å²) in [4.78, 5) is 10.6. The number of nitrogens with zero attached hydrogens (tertiary/aromatic N) is 2. The van der Waals surface area contributed by atoms with Gasteiger partial charge in [0, 0.05) is 18.2 Å². The fourth-order valence-electron chi connectivity index (χ4n) is 1.56. The van der Waals surface area contributed by atoms with Crippen LogP contribution in [0.4, 0.5) is 5.82 Å². The zero-order valence-electron chi connectivity index (χ0n) is 11.3. The van der Waals surface area contributed by atoms with Crippen LogP contribution in [0.1, 0.15) is 18.3 Å². The van der Waals surface area contributed by atoms with Gasteiger partial charge in [0.25, 0.3) is 10.0 Å². The van der Waals surface area contributed by atoms with Gasteiger partial charge in [-0.2, -0.15) is 8.42 Å². The van der Waals surface area contributed by atoms with Gasteiger partial charge in [0.2, 0.25) is 0 Å². The van der Waals surface area contributed by atoms with Gasteiger partial charge in [-0.05, 0) is 12.1 Å². The molecule has 0 amide bonds. The molecule has 0 radical (unpaired) electrons. The maximum atomic E-state index is 12.2. The first-order valence-corrected chi connectivity index (χ1v) is 7.66. The van der Waals surface area contributed by atoms with Gasteiger partial charge in [-0.3, -0.25) is 4.72 Å². The molecule has 2 aromatic heterocycles. The third kappa shape index (κ3) is 3.81. The smallest absolute Gasteiger partial charge is 0.280 e. The molecule has 0 aliphatic carbocycles. The Bertz CT molecular complexity index is 787. The van der Waals surface area contributed by atoms with Crippen LogP contribution in [-0.4, -0.2) is 35.1 Å². The van der Waals surface area contributed by atoms with Crippen molar-refractivity contribution in [2.24, 2.45) is 0 Å². The van der Waals surface area contributed by atoms with E-state index in [-0.39, 0.29) is 17.5 Å². The Morgan fingerprint density at radius 1 is 1.43 bits per heavy atom. The Balaban J connectivity index is 2.24. The molecular weight excluding hydrogens is 292 g/mol. The van der Waals surface area contributed by atoms with Gasteiger partial charge in [0.1, 0.15) is 18.2 Å². The predicted octanol–water partition coefficient (Wildman–Crippen LogP) is 0.512. The number of H-pyrrole nitrogens is 1. The highest BCUT2D eigenvalue weighted by Crippen LogP contribution is 2.13. The highest BCUT2D eigenvalue weighted by Gasteiger charge is 2.17. The molecule has 2 aromatic rings. The number of aromatic amines is 1. The molecule has 2 heterocycles. The number of aryl methyl sites for hydroxylation is 1. The summed E-state index contributed by atoms with van der Waals surface area (Å²) < 4.78 is 26.7. The molecule has 0 saturated carbocycles. The van der Waals surface area contributed by atoms with Crippen LogP contribution in [0.25, 0.3) is 0 Å². The van der Waals surface area contributed by atoms with E-state index in [0.29, 0.717) is 17.8 Å². The van der Waals surface area contributed by atoms with E-state index in [9.17, 15) is 8.42 Å². The number of aliphatic hydroxyl groups is 1. The summed E-state index contributed by atoms with van der Waals surface area (Å²) in [5, 5.41) is 8.63. The van der Waals surface area contributed by atoms with Crippen molar-refractivity contribution in [2.45, 2.75) is 18.4 Å². The molecule has 0 unspecified atom stereocenters. The van der Waals surface area contributed by atoms with Gasteiger partial charge >= 0.3 is 0 Å². The number of aromatic nitrogens is 3. The molecule has 0 aliphatic rings. The van der Waals surface area contributed by atoms with Crippen LogP contribution < -0.4 is 4.72 Å². The van der Waals surface area contributed by atoms with Crippen molar-refractivity contribution in [3.05, 3.63) is 35.9 Å². The average molecular weight is 306 g/mol. The van der Waals surface area contributed by atoms with Crippen LogP contribution in [0, 0.1) is 11.8 Å². The number of imidazole rings is 1. The number of sulfonamides is 1. The molecule has 0 spiro atoms. The quantitative estimate of drug-likeness (QED) is 0.713. The summed E-state index contributed by atoms with van der Waals surface area (Å²) in [6, 6.07) is 3.10. The molecule has 0 fully saturated rings. The van der Waals surface area contributed by atoms with Crippen LogP contribution in [-0.2, 0) is 16.4 Å². The van der Waals surface area contributed by atoms with Crippen molar-refractivity contribution in [3.63, 3.8) is 0 Å². The lowest BCUT2D eigenvalue weighted by Crippen LogP contribution is -2.14. The molecular formula is C13H14N4O3S. The summed E-state index contributed by atoms with van der Waals surface area (Å²) in [6.07, 6.45) is 3.31. The maximum absolute atomic E-state index is 12.2. The van der Waals surface area contributed by atoms with Crippen LogP contribution in [0.2, 0.25) is 0 Å². The molecule has 0 aliphatic heterocycles. The zero-order valence-corrected chi connectivity index (χ0v) is 12.1. The molecule has 3 N–H and O–H groups in total. The maximum Gasteiger partial charge on any atom is 0.280 e. The number of hydrogen-bond donors (Lipinski definition) is 3. The van der Waals surface area contributed by atoms with Gasteiger partial charge in [0.05, 0.1) is 6.20 Å². The minimum absolute atomic E-state index is 0.0204. The molecule has 7 nitrogen and oxygen atoms in total. The predicted molar refractivity (Wildman–Crippen MR) is 77.0 cm³/mol. The van der Waals surface area contributed by atoms with Crippen LogP contribution >= 0.6 is 0 Å². The largest absolute Gasteiger partial charge is 0.384 e. The standard InChI is InChI=1S/C13H14N4O3S/c1-2-11-15-9-13(16-11)21(19,20)17-12-8-10(4-3-7-18)5-6-14-12/h5-6,8-9,18H,2,7H2,1H3,(H,14,17)(H,15,16). The first-order valence-electron chi connectivity index (χ1n) is 6.17. The molecule has 2 rings (SSSR count). The number of anilines is 1. The normalized spacial score (nSPS) is 10.8. The van der Waals surface area contributed by atoms with Crippen LogP contribution in [0.3, 0.4) is 0 Å². The van der Waals surface area contributed by atoms with Crippen LogP contribution in [0.15, 0.2) is 29.6 Å². The van der Waals surface area contributed by atoms with Gasteiger partial charge in [-0.15, -0.1) is 0 Å². The Morgan fingerprint density at radius 3 is 2.90 bits per heavy atom. The minimum Gasteiger partial charge on any atom is -0.384 e. The van der Waals surface area contributed by atoms with Gasteiger partial charge in [0.15, 0.2) is 5.03 Å². The third-order valence-electron chi connectivity index (χ3n) is 2.54. The van der Waals surface area contributed by atoms with E-state index in [4.69, 9.17) is 5.11 Å². The van der Waals surface area contributed by atoms with E-state index in [0.717, 1.165) is 0 Å². The lowest BCUT2D eigenvalue weighted by molar-refractivity contribution is 0.350. The van der Waals surface area contributed by atoms with Gasteiger partial charge in [-0.25, -0.2) is 9.97 Å². The average Bonchev–Trinajstić information content (AvgIpc) is 2.95. The second-order valence-electron chi connectivity index (χ2n) is 4.04. The number of rotatable bonds is 4. The van der Waals surface area contributed by atoms with Crippen molar-refractivity contribution in [1.82, 2.24) is 15.0 Å². The van der Waals surface area contributed by atoms with E-state index in [2.05, 4.69) is 31.5 Å². The molecule has 0 saturated heterocycles. The molecule has 0 bridgehead atoms. The van der Waals surface area contributed by atoms with Gasteiger partial charge in [-0.1, -0.05) is 18.8 Å². The molecule has 21 heavy (non-hydrogen) atoms. The zero-order chi connectivity index (χ0) is 15.3. The lowest BCUT2D eigenvalue weighted by atomic mass is 10.2. The molecule has 0 atom stereocenters. The van der Waals surface area contributed by atoms with Crippen molar-refractivity contribution in [3.8, 4) is 11.8 Å². The lowest BCUT2D eigenvalue weighted by Gasteiger charge is -2.05. The molecule has 110 valence electrons. The second-order valence-corrected chi connectivity index (χ2v) is 5.69. The Kier molecular flexibility index (Phi) is 4.57. The fraction of sp³-hybridized carbons (Fsp3) is 0.231. The van der Waals surface area contributed by atoms with E-state index in [1.165, 1.54) is 18.5 Å². The Labute approximate surface area is 122 Å². The topological polar surface area (TPSA) is 108 Å². The fourth-order valence-corrected chi connectivity index (χ4v) is 2.50. The number of nitrogens with one attached hydrogen (secondary N) is 2. The minimum atomic E-state index is -3.77.